The van der Waals surface area contributed by atoms with Gasteiger partial charge < -0.3 is 9.73 Å². The molecule has 2 aromatic heterocycles. The predicted molar refractivity (Wildman–Crippen MR) is 164 cm³/mol. The van der Waals surface area contributed by atoms with Gasteiger partial charge in [0, 0.05) is 27.4 Å². The Kier molecular flexibility index (Phi) is 7.26. The Bertz CT molecular complexity index is 2020. The normalized spacial score (nSPS) is 15.0. The third kappa shape index (κ3) is 5.32. The van der Waals surface area contributed by atoms with Crippen molar-refractivity contribution in [2.24, 2.45) is 4.99 Å². The second kappa shape index (κ2) is 11.0. The van der Waals surface area contributed by atoms with Crippen LogP contribution < -0.4 is 20.2 Å². The molecular weight excluding hydrogens is 577 g/mol. The Balaban J connectivity index is 1.45. The van der Waals surface area contributed by atoms with Gasteiger partial charge in [-0.2, -0.15) is 0 Å². The van der Waals surface area contributed by atoms with E-state index in [-0.39, 0.29) is 11.5 Å². The summed E-state index contributed by atoms with van der Waals surface area (Å²) in [6.07, 6.45) is 1.70. The number of amides is 1. The molecule has 0 radical (unpaired) electrons. The van der Waals surface area contributed by atoms with E-state index >= 15 is 0 Å². The summed E-state index contributed by atoms with van der Waals surface area (Å²) in [5.74, 6) is 0.824. The number of thiazole rings is 1. The summed E-state index contributed by atoms with van der Waals surface area (Å²) in [6, 6.07) is 25.0. The summed E-state index contributed by atoms with van der Waals surface area (Å²) < 4.78 is 8.03. The number of benzene rings is 3. The van der Waals surface area contributed by atoms with Gasteiger partial charge in [0.05, 0.1) is 21.8 Å². The summed E-state index contributed by atoms with van der Waals surface area (Å²) >= 11 is 13.6. The first-order valence-electron chi connectivity index (χ1n) is 12.8. The zero-order valence-corrected chi connectivity index (χ0v) is 24.3. The topological polar surface area (TPSA) is 76.6 Å². The lowest BCUT2D eigenvalue weighted by atomic mass is 9.95. The van der Waals surface area contributed by atoms with Crippen molar-refractivity contribution in [2.45, 2.75) is 19.9 Å². The van der Waals surface area contributed by atoms with Crippen molar-refractivity contribution in [3.05, 3.63) is 143 Å². The Morgan fingerprint density at radius 1 is 0.976 bits per heavy atom. The van der Waals surface area contributed by atoms with Crippen molar-refractivity contribution in [2.75, 3.05) is 5.32 Å². The number of hydrogen-bond acceptors (Lipinski definition) is 5. The molecule has 1 aliphatic heterocycles. The smallest absolute Gasteiger partial charge is 0.271 e. The minimum atomic E-state index is -0.701. The predicted octanol–water partition coefficient (Wildman–Crippen LogP) is 6.75. The number of aromatic nitrogens is 1. The Morgan fingerprint density at radius 2 is 1.76 bits per heavy atom. The van der Waals surface area contributed by atoms with Crippen LogP contribution in [0.1, 0.15) is 29.9 Å². The molecule has 6 rings (SSSR count). The molecule has 1 atom stereocenters. The summed E-state index contributed by atoms with van der Waals surface area (Å²) in [5.41, 5.74) is 3.84. The van der Waals surface area contributed by atoms with Gasteiger partial charge in [-0.25, -0.2) is 4.99 Å². The van der Waals surface area contributed by atoms with Crippen LogP contribution in [-0.4, -0.2) is 10.5 Å². The van der Waals surface area contributed by atoms with E-state index in [1.54, 1.807) is 41.8 Å². The van der Waals surface area contributed by atoms with Crippen molar-refractivity contribution in [3.8, 4) is 11.3 Å². The molecule has 0 bridgehead atoms. The molecule has 1 N–H and O–H groups in total. The number of rotatable bonds is 5. The second-order valence-corrected chi connectivity index (χ2v) is 11.5. The number of carbonyl (C=O) groups excluding carboxylic acids is 1. The van der Waals surface area contributed by atoms with Crippen LogP contribution in [0.25, 0.3) is 17.4 Å². The van der Waals surface area contributed by atoms with Gasteiger partial charge in [-0.1, -0.05) is 77.0 Å². The number of furan rings is 1. The lowest BCUT2D eigenvalue weighted by Crippen LogP contribution is -2.40. The largest absolute Gasteiger partial charge is 0.457 e. The molecule has 0 fully saturated rings. The lowest BCUT2D eigenvalue weighted by Gasteiger charge is -2.25. The van der Waals surface area contributed by atoms with Gasteiger partial charge in [0.15, 0.2) is 4.80 Å². The van der Waals surface area contributed by atoms with Gasteiger partial charge in [0.1, 0.15) is 11.5 Å². The Labute approximate surface area is 249 Å². The van der Waals surface area contributed by atoms with Crippen molar-refractivity contribution in [1.29, 1.82) is 0 Å². The minimum absolute atomic E-state index is 0.275. The fourth-order valence-electron chi connectivity index (χ4n) is 4.83. The molecular formula is C32H23Cl2N3O3S. The molecule has 3 aromatic carbocycles. The number of allylic oxidation sites excluding steroid dienone is 1. The fourth-order valence-corrected chi connectivity index (χ4v) is 6.17. The van der Waals surface area contributed by atoms with Crippen LogP contribution in [0.15, 0.2) is 110 Å². The number of para-hydroxylation sites is 1. The number of anilines is 1. The molecule has 0 aliphatic carbocycles. The maximum atomic E-state index is 13.9. The molecule has 1 aliphatic rings. The van der Waals surface area contributed by atoms with E-state index in [9.17, 15) is 9.59 Å². The van der Waals surface area contributed by atoms with E-state index in [1.807, 2.05) is 67.6 Å². The van der Waals surface area contributed by atoms with E-state index in [1.165, 1.54) is 11.3 Å². The minimum Gasteiger partial charge on any atom is -0.457 e. The number of nitrogens with zero attached hydrogens (tertiary/aromatic N) is 2. The number of hydrogen-bond donors (Lipinski definition) is 1. The van der Waals surface area contributed by atoms with E-state index < -0.39 is 6.04 Å². The molecule has 9 heteroatoms. The van der Waals surface area contributed by atoms with Gasteiger partial charge >= 0.3 is 0 Å². The number of nitrogens with one attached hydrogen (secondary N) is 1. The molecule has 0 saturated heterocycles. The SMILES string of the molecule is CC1=C(C(=O)Nc2ccccc2C)[C@@H](c2ccc(Cl)cc2)n2c(s/c(=C/c3ccc(-c4cccc(Cl)c4)o3)c2=O)=N1. The van der Waals surface area contributed by atoms with Crippen molar-refractivity contribution in [1.82, 2.24) is 4.57 Å². The highest BCUT2D eigenvalue weighted by molar-refractivity contribution is 7.07. The van der Waals surface area contributed by atoms with Crippen molar-refractivity contribution < 1.29 is 9.21 Å². The first-order valence-corrected chi connectivity index (χ1v) is 14.4. The lowest BCUT2D eigenvalue weighted by molar-refractivity contribution is -0.113. The molecule has 3 heterocycles. The third-order valence-electron chi connectivity index (χ3n) is 6.85. The first kappa shape index (κ1) is 27.0. The quantitative estimate of drug-likeness (QED) is 0.243. The highest BCUT2D eigenvalue weighted by atomic mass is 35.5. The molecule has 1 amide bonds. The number of fused-ring (bicyclic) bond motifs is 1. The van der Waals surface area contributed by atoms with Gasteiger partial charge in [-0.15, -0.1) is 0 Å². The maximum absolute atomic E-state index is 13.9. The molecule has 5 aromatic rings. The highest BCUT2D eigenvalue weighted by Gasteiger charge is 2.32. The van der Waals surface area contributed by atoms with E-state index in [4.69, 9.17) is 32.6 Å². The van der Waals surface area contributed by atoms with Crippen LogP contribution in [0.4, 0.5) is 5.69 Å². The maximum Gasteiger partial charge on any atom is 0.271 e. The van der Waals surface area contributed by atoms with E-state index in [0.29, 0.717) is 47.9 Å². The zero-order chi connectivity index (χ0) is 28.7. The van der Waals surface area contributed by atoms with Crippen molar-refractivity contribution >= 4 is 52.2 Å². The van der Waals surface area contributed by atoms with Crippen LogP contribution in [0, 0.1) is 6.92 Å². The van der Waals surface area contributed by atoms with Gasteiger partial charge in [0.25, 0.3) is 11.5 Å². The average Bonchev–Trinajstić information content (AvgIpc) is 3.54. The van der Waals surface area contributed by atoms with Crippen LogP contribution in [0.2, 0.25) is 10.0 Å². The third-order valence-corrected chi connectivity index (χ3v) is 8.32. The summed E-state index contributed by atoms with van der Waals surface area (Å²) in [6.45, 7) is 3.71. The standard InChI is InChI=1S/C32H23Cl2N3O3S/c1-18-6-3-4-9-25(18)36-30(38)28-19(2)35-32-37(29(28)20-10-12-22(33)13-11-20)31(39)27(41-32)17-24-14-15-26(40-24)21-7-5-8-23(34)16-21/h3-17,29H,1-2H3,(H,36,38)/b27-17+/t29-/m1/s1. The van der Waals surface area contributed by atoms with Crippen LogP contribution in [0.5, 0.6) is 0 Å². The van der Waals surface area contributed by atoms with Gasteiger partial charge in [0.2, 0.25) is 0 Å². The summed E-state index contributed by atoms with van der Waals surface area (Å²) in [5, 5.41) is 4.18. The molecule has 0 spiro atoms. The van der Waals surface area contributed by atoms with E-state index in [2.05, 4.69) is 5.32 Å². The van der Waals surface area contributed by atoms with Crippen LogP contribution in [0.3, 0.4) is 0 Å². The fraction of sp³-hybridized carbons (Fsp3) is 0.0938. The molecule has 0 saturated carbocycles. The molecule has 204 valence electrons. The summed E-state index contributed by atoms with van der Waals surface area (Å²) in [4.78, 5) is 32.9. The number of aryl methyl sites for hydroxylation is 1. The monoisotopic (exact) mass is 599 g/mol. The first-order chi connectivity index (χ1) is 19.8. The van der Waals surface area contributed by atoms with Gasteiger partial charge in [-0.3, -0.25) is 14.2 Å². The number of halogens is 2. The molecule has 6 nitrogen and oxygen atoms in total. The van der Waals surface area contributed by atoms with E-state index in [0.717, 1.165) is 16.7 Å². The van der Waals surface area contributed by atoms with Gasteiger partial charge in [-0.05, 0) is 67.4 Å². The van der Waals surface area contributed by atoms with Crippen molar-refractivity contribution in [3.63, 3.8) is 0 Å². The highest BCUT2D eigenvalue weighted by Crippen LogP contribution is 2.32. The second-order valence-electron chi connectivity index (χ2n) is 9.61. The average molecular weight is 601 g/mol. The Morgan fingerprint density at radius 3 is 2.51 bits per heavy atom. The molecule has 41 heavy (non-hydrogen) atoms. The zero-order valence-electron chi connectivity index (χ0n) is 22.0. The Hall–Kier alpha value is -4.17. The van der Waals surface area contributed by atoms with Crippen LogP contribution in [-0.2, 0) is 4.79 Å². The van der Waals surface area contributed by atoms with Crippen LogP contribution >= 0.6 is 34.5 Å². The number of carbonyl (C=O) groups is 1. The summed E-state index contributed by atoms with van der Waals surface area (Å²) in [7, 11) is 0. The molecule has 0 unspecified atom stereocenters.